The number of nitrogens with one attached hydrogen (secondary N) is 1. The maximum absolute atomic E-state index is 13.4. The summed E-state index contributed by atoms with van der Waals surface area (Å²) < 4.78 is 39.1. The summed E-state index contributed by atoms with van der Waals surface area (Å²) in [7, 11) is 0. The maximum Gasteiger partial charge on any atom is 0.259 e. The van der Waals surface area contributed by atoms with E-state index in [0.717, 1.165) is 11.6 Å². The van der Waals surface area contributed by atoms with Gasteiger partial charge in [0.1, 0.15) is 5.82 Å². The predicted molar refractivity (Wildman–Crippen MR) is 63.2 cm³/mol. The van der Waals surface area contributed by atoms with Crippen LogP contribution in [0.4, 0.5) is 19.0 Å². The van der Waals surface area contributed by atoms with E-state index < -0.39 is 28.9 Å². The number of carbonyl (C=O) groups excluding carboxylic acids is 1. The molecule has 0 aliphatic heterocycles. The van der Waals surface area contributed by atoms with Gasteiger partial charge in [-0.15, -0.1) is 0 Å². The summed E-state index contributed by atoms with van der Waals surface area (Å²) >= 11 is 0. The third-order valence-electron chi connectivity index (χ3n) is 2.43. The minimum absolute atomic E-state index is 0.194. The lowest BCUT2D eigenvalue weighted by atomic mass is 10.2. The van der Waals surface area contributed by atoms with E-state index in [9.17, 15) is 18.0 Å². The zero-order chi connectivity index (χ0) is 14.0. The summed E-state index contributed by atoms with van der Waals surface area (Å²) in [6.07, 6.45) is 1.51. The van der Waals surface area contributed by atoms with Crippen LogP contribution in [0.25, 0.3) is 0 Å². The highest BCUT2D eigenvalue weighted by atomic mass is 19.2. The molecule has 2 rings (SSSR count). The van der Waals surface area contributed by atoms with Crippen molar-refractivity contribution in [2.75, 3.05) is 5.32 Å². The quantitative estimate of drug-likeness (QED) is 0.849. The van der Waals surface area contributed by atoms with Crippen molar-refractivity contribution in [2.45, 2.75) is 6.92 Å². The summed E-state index contributed by atoms with van der Waals surface area (Å²) in [5.74, 6) is -5.25. The van der Waals surface area contributed by atoms with Crippen molar-refractivity contribution in [3.8, 4) is 0 Å². The van der Waals surface area contributed by atoms with Gasteiger partial charge in [0.2, 0.25) is 0 Å². The van der Waals surface area contributed by atoms with Crippen LogP contribution in [0.15, 0.2) is 30.5 Å². The lowest BCUT2D eigenvalue weighted by Crippen LogP contribution is -2.16. The van der Waals surface area contributed by atoms with Gasteiger partial charge in [0.25, 0.3) is 5.91 Å². The number of pyridine rings is 1. The summed E-state index contributed by atoms with van der Waals surface area (Å²) in [4.78, 5) is 15.6. The Bertz CT molecular complexity index is 627. The monoisotopic (exact) mass is 266 g/mol. The molecule has 0 unspecified atom stereocenters. The molecule has 1 N–H and O–H groups in total. The first-order chi connectivity index (χ1) is 8.99. The Balaban J connectivity index is 2.25. The van der Waals surface area contributed by atoms with E-state index in [4.69, 9.17) is 0 Å². The Morgan fingerprint density at radius 2 is 1.84 bits per heavy atom. The average Bonchev–Trinajstić information content (AvgIpc) is 2.39. The Kier molecular flexibility index (Phi) is 3.50. The summed E-state index contributed by atoms with van der Waals surface area (Å²) in [5, 5.41) is 2.29. The molecule has 1 heterocycles. The summed E-state index contributed by atoms with van der Waals surface area (Å²) in [5.41, 5.74) is 0.304. The van der Waals surface area contributed by atoms with Crippen LogP contribution >= 0.6 is 0 Å². The number of benzene rings is 1. The number of rotatable bonds is 2. The molecule has 19 heavy (non-hydrogen) atoms. The number of carbonyl (C=O) groups is 1. The van der Waals surface area contributed by atoms with Gasteiger partial charge in [-0.25, -0.2) is 18.2 Å². The second-order valence-electron chi connectivity index (χ2n) is 3.90. The van der Waals surface area contributed by atoms with Crippen molar-refractivity contribution in [3.63, 3.8) is 0 Å². The largest absolute Gasteiger partial charge is 0.306 e. The van der Waals surface area contributed by atoms with E-state index in [2.05, 4.69) is 10.3 Å². The van der Waals surface area contributed by atoms with Gasteiger partial charge in [-0.1, -0.05) is 6.07 Å². The average molecular weight is 266 g/mol. The zero-order valence-corrected chi connectivity index (χ0v) is 9.88. The Morgan fingerprint density at radius 1 is 1.11 bits per heavy atom. The number of amides is 1. The van der Waals surface area contributed by atoms with Crippen LogP contribution in [0, 0.1) is 24.4 Å². The van der Waals surface area contributed by atoms with Gasteiger partial charge in [-0.3, -0.25) is 4.79 Å². The SMILES string of the molecule is Cc1ccc(NC(=O)c2ccc(F)c(F)c2F)nc1. The molecule has 1 aromatic carbocycles. The second kappa shape index (κ2) is 5.09. The number of hydrogen-bond donors (Lipinski definition) is 1. The van der Waals surface area contributed by atoms with E-state index in [1.165, 1.54) is 12.3 Å². The first-order valence-electron chi connectivity index (χ1n) is 5.36. The lowest BCUT2D eigenvalue weighted by Gasteiger charge is -2.06. The van der Waals surface area contributed by atoms with Crippen LogP contribution < -0.4 is 5.32 Å². The van der Waals surface area contributed by atoms with E-state index in [0.29, 0.717) is 6.07 Å². The minimum Gasteiger partial charge on any atom is -0.306 e. The fourth-order valence-electron chi connectivity index (χ4n) is 1.43. The number of halogens is 3. The van der Waals surface area contributed by atoms with Crippen molar-refractivity contribution >= 4 is 11.7 Å². The molecule has 0 saturated carbocycles. The molecular formula is C13H9F3N2O. The van der Waals surface area contributed by atoms with Crippen LogP contribution in [0.2, 0.25) is 0 Å². The van der Waals surface area contributed by atoms with Crippen LogP contribution in [-0.2, 0) is 0 Å². The first-order valence-corrected chi connectivity index (χ1v) is 5.36. The van der Waals surface area contributed by atoms with Gasteiger partial charge >= 0.3 is 0 Å². The highest BCUT2D eigenvalue weighted by Crippen LogP contribution is 2.16. The molecule has 1 amide bonds. The van der Waals surface area contributed by atoms with Crippen molar-refractivity contribution in [3.05, 3.63) is 59.0 Å². The van der Waals surface area contributed by atoms with Gasteiger partial charge in [0.05, 0.1) is 5.56 Å². The third-order valence-corrected chi connectivity index (χ3v) is 2.43. The molecule has 0 aliphatic carbocycles. The number of nitrogens with zero attached hydrogens (tertiary/aromatic N) is 1. The maximum atomic E-state index is 13.4. The molecule has 6 heteroatoms. The molecule has 98 valence electrons. The third kappa shape index (κ3) is 2.73. The lowest BCUT2D eigenvalue weighted by molar-refractivity contribution is 0.102. The molecule has 0 saturated heterocycles. The standard InChI is InChI=1S/C13H9F3N2O/c1-7-2-5-10(17-6-7)18-13(19)8-3-4-9(14)12(16)11(8)15/h2-6H,1H3,(H,17,18,19). The van der Waals surface area contributed by atoms with Gasteiger partial charge in [-0.2, -0.15) is 0 Å². The first kappa shape index (κ1) is 13.1. The van der Waals surface area contributed by atoms with E-state index in [1.807, 2.05) is 6.92 Å². The van der Waals surface area contributed by atoms with Crippen LogP contribution in [0.3, 0.4) is 0 Å². The summed E-state index contributed by atoms with van der Waals surface area (Å²) in [6.45, 7) is 1.81. The zero-order valence-electron chi connectivity index (χ0n) is 9.88. The Labute approximate surface area is 107 Å². The van der Waals surface area contributed by atoms with E-state index in [-0.39, 0.29) is 5.82 Å². The second-order valence-corrected chi connectivity index (χ2v) is 3.90. The molecule has 2 aromatic rings. The van der Waals surface area contributed by atoms with Crippen molar-refractivity contribution in [2.24, 2.45) is 0 Å². The van der Waals surface area contributed by atoms with Crippen LogP contribution in [0.1, 0.15) is 15.9 Å². The van der Waals surface area contributed by atoms with Crippen molar-refractivity contribution < 1.29 is 18.0 Å². The number of aryl methyl sites for hydroxylation is 1. The summed E-state index contributed by atoms with van der Waals surface area (Å²) in [6, 6.07) is 4.78. The highest BCUT2D eigenvalue weighted by molar-refractivity contribution is 6.03. The molecule has 3 nitrogen and oxygen atoms in total. The molecule has 0 atom stereocenters. The molecule has 0 radical (unpaired) electrons. The van der Waals surface area contributed by atoms with Gasteiger partial charge in [0.15, 0.2) is 17.5 Å². The molecule has 0 bridgehead atoms. The smallest absolute Gasteiger partial charge is 0.259 e. The Morgan fingerprint density at radius 3 is 2.47 bits per heavy atom. The normalized spacial score (nSPS) is 10.3. The van der Waals surface area contributed by atoms with Crippen LogP contribution in [0.5, 0.6) is 0 Å². The molecule has 0 fully saturated rings. The Hall–Kier alpha value is -2.37. The molecule has 0 aliphatic rings. The molecule has 0 spiro atoms. The van der Waals surface area contributed by atoms with Crippen molar-refractivity contribution in [1.82, 2.24) is 4.98 Å². The van der Waals surface area contributed by atoms with Gasteiger partial charge in [-0.05, 0) is 30.7 Å². The van der Waals surface area contributed by atoms with Gasteiger partial charge in [0, 0.05) is 6.20 Å². The topological polar surface area (TPSA) is 42.0 Å². The van der Waals surface area contributed by atoms with E-state index >= 15 is 0 Å². The number of anilines is 1. The molecule has 1 aromatic heterocycles. The fraction of sp³-hybridized carbons (Fsp3) is 0.0769. The number of hydrogen-bond acceptors (Lipinski definition) is 2. The minimum atomic E-state index is -1.68. The van der Waals surface area contributed by atoms with Crippen molar-refractivity contribution in [1.29, 1.82) is 0 Å². The van der Waals surface area contributed by atoms with E-state index in [1.54, 1.807) is 6.07 Å². The number of aromatic nitrogens is 1. The highest BCUT2D eigenvalue weighted by Gasteiger charge is 2.18. The van der Waals surface area contributed by atoms with Crippen LogP contribution in [-0.4, -0.2) is 10.9 Å². The predicted octanol–water partition coefficient (Wildman–Crippen LogP) is 3.06. The van der Waals surface area contributed by atoms with Gasteiger partial charge < -0.3 is 5.32 Å². The fourth-order valence-corrected chi connectivity index (χ4v) is 1.43. The molecular weight excluding hydrogens is 257 g/mol.